The highest BCUT2D eigenvalue weighted by molar-refractivity contribution is 5.75. The molecule has 0 aromatic heterocycles. The topological polar surface area (TPSA) is 40.0 Å². The first kappa shape index (κ1) is 14.4. The predicted octanol–water partition coefficient (Wildman–Crippen LogP) is 3.61. The van der Waals surface area contributed by atoms with E-state index in [-0.39, 0.29) is 6.10 Å². The van der Waals surface area contributed by atoms with Gasteiger partial charge in [0.05, 0.1) is 6.10 Å². The maximum atomic E-state index is 5.68. The molecule has 1 aromatic rings. The first-order chi connectivity index (χ1) is 8.65. The fraction of sp³-hybridized carbons (Fsp3) is 0.500. The molecule has 0 spiro atoms. The summed E-state index contributed by atoms with van der Waals surface area (Å²) < 4.78 is 11.2. The van der Waals surface area contributed by atoms with Gasteiger partial charge in [-0.2, -0.15) is 0 Å². The lowest BCUT2D eigenvalue weighted by Crippen LogP contribution is -2.09. The summed E-state index contributed by atoms with van der Waals surface area (Å²) in [6.45, 7) is 8.29. The molecular formula is C14H21NO3. The molecule has 0 amide bonds. The van der Waals surface area contributed by atoms with Crippen LogP contribution in [0.15, 0.2) is 29.4 Å². The van der Waals surface area contributed by atoms with Gasteiger partial charge in [0.1, 0.15) is 18.1 Å². The lowest BCUT2D eigenvalue weighted by molar-refractivity contribution is 0.152. The molecule has 1 aromatic carbocycles. The zero-order chi connectivity index (χ0) is 13.4. The first-order valence-electron chi connectivity index (χ1n) is 6.26. The molecule has 4 nitrogen and oxygen atoms in total. The predicted molar refractivity (Wildman–Crippen MR) is 72.2 cm³/mol. The van der Waals surface area contributed by atoms with Gasteiger partial charge in [-0.1, -0.05) is 12.1 Å². The Morgan fingerprint density at radius 2 is 1.78 bits per heavy atom. The van der Waals surface area contributed by atoms with Crippen molar-refractivity contribution < 1.29 is 14.3 Å². The standard InChI is InChI=1S/C14H21NO3/c1-5-11(3)17-13-7-9-14(10-8-13)18-12(4)15-16-6-2/h7-11H,5-6H2,1-4H3. The van der Waals surface area contributed by atoms with E-state index in [9.17, 15) is 0 Å². The molecule has 0 aliphatic heterocycles. The molecule has 100 valence electrons. The third-order valence-corrected chi connectivity index (χ3v) is 2.32. The molecule has 0 fully saturated rings. The van der Waals surface area contributed by atoms with Crippen LogP contribution in [-0.2, 0) is 4.84 Å². The second kappa shape index (κ2) is 7.58. The normalized spacial score (nSPS) is 13.0. The van der Waals surface area contributed by atoms with E-state index in [2.05, 4.69) is 12.1 Å². The van der Waals surface area contributed by atoms with Crippen LogP contribution in [0.3, 0.4) is 0 Å². The summed E-state index contributed by atoms with van der Waals surface area (Å²) in [5.41, 5.74) is 0. The van der Waals surface area contributed by atoms with Crippen molar-refractivity contribution in [3.05, 3.63) is 24.3 Å². The van der Waals surface area contributed by atoms with Crippen LogP contribution >= 0.6 is 0 Å². The van der Waals surface area contributed by atoms with Crippen LogP contribution in [0.4, 0.5) is 0 Å². The number of hydrogen-bond donors (Lipinski definition) is 0. The van der Waals surface area contributed by atoms with Crippen molar-refractivity contribution in [3.8, 4) is 11.5 Å². The quantitative estimate of drug-likeness (QED) is 0.440. The second-order valence-electron chi connectivity index (χ2n) is 3.94. The van der Waals surface area contributed by atoms with E-state index in [1.807, 2.05) is 38.1 Å². The Kier molecular flexibility index (Phi) is 6.05. The van der Waals surface area contributed by atoms with Crippen molar-refractivity contribution in [2.24, 2.45) is 5.16 Å². The Morgan fingerprint density at radius 1 is 1.17 bits per heavy atom. The van der Waals surface area contributed by atoms with Crippen molar-refractivity contribution in [1.82, 2.24) is 0 Å². The zero-order valence-electron chi connectivity index (χ0n) is 11.5. The van der Waals surface area contributed by atoms with Gasteiger partial charge in [-0.3, -0.25) is 0 Å². The Morgan fingerprint density at radius 3 is 2.33 bits per heavy atom. The lowest BCUT2D eigenvalue weighted by atomic mass is 10.3. The molecule has 0 aliphatic rings. The summed E-state index contributed by atoms with van der Waals surface area (Å²) in [6, 6.07) is 7.47. The summed E-state index contributed by atoms with van der Waals surface area (Å²) >= 11 is 0. The third kappa shape index (κ3) is 5.08. The molecule has 1 rings (SSSR count). The summed E-state index contributed by atoms with van der Waals surface area (Å²) in [7, 11) is 0. The van der Waals surface area contributed by atoms with Gasteiger partial charge in [-0.15, -0.1) is 0 Å². The molecule has 18 heavy (non-hydrogen) atoms. The minimum atomic E-state index is 0.220. The number of oxime groups is 1. The van der Waals surface area contributed by atoms with Crippen LogP contribution < -0.4 is 9.47 Å². The van der Waals surface area contributed by atoms with Crippen molar-refractivity contribution in [2.75, 3.05) is 6.61 Å². The molecule has 4 heteroatoms. The minimum Gasteiger partial charge on any atom is -0.491 e. The van der Waals surface area contributed by atoms with Crippen LogP contribution in [0.5, 0.6) is 11.5 Å². The molecule has 0 saturated heterocycles. The van der Waals surface area contributed by atoms with E-state index in [0.29, 0.717) is 18.3 Å². The molecule has 0 saturated carbocycles. The van der Waals surface area contributed by atoms with Crippen LogP contribution in [0.1, 0.15) is 34.1 Å². The van der Waals surface area contributed by atoms with E-state index in [1.54, 1.807) is 6.92 Å². The molecule has 0 aliphatic carbocycles. The van der Waals surface area contributed by atoms with E-state index >= 15 is 0 Å². The summed E-state index contributed by atoms with van der Waals surface area (Å²) in [5, 5.41) is 3.79. The highest BCUT2D eigenvalue weighted by Crippen LogP contribution is 2.19. The summed E-state index contributed by atoms with van der Waals surface area (Å²) in [6.07, 6.45) is 1.20. The average molecular weight is 251 g/mol. The third-order valence-electron chi connectivity index (χ3n) is 2.32. The van der Waals surface area contributed by atoms with E-state index in [4.69, 9.17) is 14.3 Å². The second-order valence-corrected chi connectivity index (χ2v) is 3.94. The Labute approximate surface area is 109 Å². The Bertz CT molecular complexity index is 373. The van der Waals surface area contributed by atoms with Gasteiger partial charge >= 0.3 is 0 Å². The van der Waals surface area contributed by atoms with Crippen LogP contribution in [0.25, 0.3) is 0 Å². The maximum absolute atomic E-state index is 5.68. The molecule has 1 unspecified atom stereocenters. The van der Waals surface area contributed by atoms with Gasteiger partial charge in [-0.25, -0.2) is 0 Å². The van der Waals surface area contributed by atoms with Crippen molar-refractivity contribution in [2.45, 2.75) is 40.2 Å². The number of hydrogen-bond acceptors (Lipinski definition) is 4. The van der Waals surface area contributed by atoms with E-state index < -0.39 is 0 Å². The summed E-state index contributed by atoms with van der Waals surface area (Å²) in [5.74, 6) is 2.04. The van der Waals surface area contributed by atoms with Crippen molar-refractivity contribution >= 4 is 5.90 Å². The average Bonchev–Trinajstić information content (AvgIpc) is 2.38. The van der Waals surface area contributed by atoms with Crippen LogP contribution in [-0.4, -0.2) is 18.6 Å². The van der Waals surface area contributed by atoms with E-state index in [0.717, 1.165) is 12.2 Å². The van der Waals surface area contributed by atoms with E-state index in [1.165, 1.54) is 0 Å². The van der Waals surface area contributed by atoms with Gasteiger partial charge in [-0.05, 0) is 44.5 Å². The number of ether oxygens (including phenoxy) is 2. The fourth-order valence-corrected chi connectivity index (χ4v) is 1.25. The SMILES string of the molecule is CCON=C(C)Oc1ccc(OC(C)CC)cc1. The largest absolute Gasteiger partial charge is 0.491 e. The van der Waals surface area contributed by atoms with Crippen molar-refractivity contribution in [1.29, 1.82) is 0 Å². The van der Waals surface area contributed by atoms with Crippen LogP contribution in [0.2, 0.25) is 0 Å². The molecule has 0 radical (unpaired) electrons. The number of benzene rings is 1. The molecule has 0 heterocycles. The highest BCUT2D eigenvalue weighted by atomic mass is 16.6. The molecule has 0 bridgehead atoms. The fourth-order valence-electron chi connectivity index (χ4n) is 1.25. The minimum absolute atomic E-state index is 0.220. The lowest BCUT2D eigenvalue weighted by Gasteiger charge is -2.12. The Hall–Kier alpha value is -1.71. The molecule has 1 atom stereocenters. The molecular weight excluding hydrogens is 230 g/mol. The smallest absolute Gasteiger partial charge is 0.228 e. The van der Waals surface area contributed by atoms with Gasteiger partial charge in [0.15, 0.2) is 0 Å². The van der Waals surface area contributed by atoms with Crippen molar-refractivity contribution in [3.63, 3.8) is 0 Å². The maximum Gasteiger partial charge on any atom is 0.228 e. The highest BCUT2D eigenvalue weighted by Gasteiger charge is 2.02. The van der Waals surface area contributed by atoms with Crippen LogP contribution in [0, 0.1) is 0 Å². The van der Waals surface area contributed by atoms with Gasteiger partial charge in [0.2, 0.25) is 5.90 Å². The van der Waals surface area contributed by atoms with Gasteiger partial charge in [0, 0.05) is 6.92 Å². The Balaban J connectivity index is 2.55. The van der Waals surface area contributed by atoms with Gasteiger partial charge in [0.25, 0.3) is 0 Å². The van der Waals surface area contributed by atoms with Gasteiger partial charge < -0.3 is 14.3 Å². The number of rotatable bonds is 6. The summed E-state index contributed by atoms with van der Waals surface area (Å²) in [4.78, 5) is 4.90. The monoisotopic (exact) mass is 251 g/mol. The first-order valence-corrected chi connectivity index (χ1v) is 6.26. The molecule has 0 N–H and O–H groups in total. The zero-order valence-corrected chi connectivity index (χ0v) is 11.5. The number of nitrogens with zero attached hydrogens (tertiary/aromatic N) is 1.